The summed E-state index contributed by atoms with van der Waals surface area (Å²) < 4.78 is 26.8. The number of thiophene rings is 1. The maximum atomic E-state index is 13.7. The summed E-state index contributed by atoms with van der Waals surface area (Å²) in [4.78, 5) is 14.8. The van der Waals surface area contributed by atoms with Crippen molar-refractivity contribution in [3.8, 4) is 0 Å². The molecule has 20 heavy (non-hydrogen) atoms. The highest BCUT2D eigenvalue weighted by atomic mass is 32.1. The third kappa shape index (κ3) is 2.96. The summed E-state index contributed by atoms with van der Waals surface area (Å²) in [7, 11) is 0. The second kappa shape index (κ2) is 6.00. The number of anilines is 1. The fraction of sp³-hybridized carbons (Fsp3) is 0.214. The number of hydrogen-bond acceptors (Lipinski definition) is 3. The third-order valence-electron chi connectivity index (χ3n) is 2.91. The van der Waals surface area contributed by atoms with Gasteiger partial charge in [-0.25, -0.2) is 8.78 Å². The number of halogens is 2. The minimum atomic E-state index is -0.897. The number of rotatable bonds is 4. The second-order valence-corrected chi connectivity index (χ2v) is 5.28. The van der Waals surface area contributed by atoms with E-state index in [0.717, 1.165) is 10.9 Å². The van der Waals surface area contributed by atoms with Gasteiger partial charge in [0.15, 0.2) is 0 Å². The van der Waals surface area contributed by atoms with Gasteiger partial charge in [0.1, 0.15) is 11.6 Å². The van der Waals surface area contributed by atoms with E-state index in [4.69, 9.17) is 5.73 Å². The molecule has 0 bridgehead atoms. The van der Waals surface area contributed by atoms with Crippen molar-refractivity contribution in [3.05, 3.63) is 51.7 Å². The van der Waals surface area contributed by atoms with E-state index in [-0.39, 0.29) is 11.3 Å². The zero-order chi connectivity index (χ0) is 14.7. The van der Waals surface area contributed by atoms with Crippen LogP contribution in [0.3, 0.4) is 0 Å². The highest BCUT2D eigenvalue weighted by molar-refractivity contribution is 7.09. The Bertz CT molecular complexity index is 614. The lowest BCUT2D eigenvalue weighted by atomic mass is 10.1. The Morgan fingerprint density at radius 3 is 2.70 bits per heavy atom. The van der Waals surface area contributed by atoms with Gasteiger partial charge in [-0.2, -0.15) is 0 Å². The molecule has 0 fully saturated rings. The minimum absolute atomic E-state index is 0.206. The Morgan fingerprint density at radius 1 is 1.35 bits per heavy atom. The third-order valence-corrected chi connectivity index (χ3v) is 3.77. The number of carbonyl (C=O) groups is 1. The average molecular weight is 296 g/mol. The number of nitrogens with zero attached hydrogens (tertiary/aromatic N) is 1. The fourth-order valence-electron chi connectivity index (χ4n) is 1.82. The summed E-state index contributed by atoms with van der Waals surface area (Å²) in [6.07, 6.45) is 0. The van der Waals surface area contributed by atoms with Gasteiger partial charge in [-0.3, -0.25) is 4.79 Å². The first-order chi connectivity index (χ1) is 9.52. The molecule has 0 radical (unpaired) electrons. The van der Waals surface area contributed by atoms with E-state index in [1.807, 2.05) is 17.5 Å². The zero-order valence-electron chi connectivity index (χ0n) is 10.9. The van der Waals surface area contributed by atoms with Crippen molar-refractivity contribution in [2.24, 2.45) is 0 Å². The van der Waals surface area contributed by atoms with Crippen LogP contribution in [-0.4, -0.2) is 17.4 Å². The Kier molecular flexibility index (Phi) is 4.34. The van der Waals surface area contributed by atoms with Gasteiger partial charge in [-0.15, -0.1) is 11.3 Å². The van der Waals surface area contributed by atoms with Gasteiger partial charge in [-0.05, 0) is 24.4 Å². The summed E-state index contributed by atoms with van der Waals surface area (Å²) in [5, 5.41) is 1.91. The first-order valence-corrected chi connectivity index (χ1v) is 6.97. The van der Waals surface area contributed by atoms with Gasteiger partial charge in [0.25, 0.3) is 5.91 Å². The topological polar surface area (TPSA) is 46.3 Å². The molecule has 0 saturated carbocycles. The number of benzene rings is 1. The average Bonchev–Trinajstić information content (AvgIpc) is 2.92. The lowest BCUT2D eigenvalue weighted by Crippen LogP contribution is -2.30. The van der Waals surface area contributed by atoms with E-state index < -0.39 is 17.5 Å². The van der Waals surface area contributed by atoms with Gasteiger partial charge >= 0.3 is 0 Å². The number of nitrogens with two attached hydrogens (primary N) is 1. The highest BCUT2D eigenvalue weighted by Gasteiger charge is 2.20. The van der Waals surface area contributed by atoms with Crippen LogP contribution in [0.4, 0.5) is 14.5 Å². The van der Waals surface area contributed by atoms with Crippen molar-refractivity contribution in [2.45, 2.75) is 13.5 Å². The van der Waals surface area contributed by atoms with E-state index in [0.29, 0.717) is 19.2 Å². The van der Waals surface area contributed by atoms with Crippen LogP contribution in [0, 0.1) is 11.6 Å². The van der Waals surface area contributed by atoms with Crippen LogP contribution >= 0.6 is 11.3 Å². The van der Waals surface area contributed by atoms with Crippen LogP contribution in [0.25, 0.3) is 0 Å². The quantitative estimate of drug-likeness (QED) is 0.880. The smallest absolute Gasteiger partial charge is 0.257 e. The van der Waals surface area contributed by atoms with Crippen LogP contribution in [0.1, 0.15) is 22.2 Å². The molecule has 1 amide bonds. The normalized spacial score (nSPS) is 10.6. The molecule has 0 aliphatic rings. The highest BCUT2D eigenvalue weighted by Crippen LogP contribution is 2.20. The van der Waals surface area contributed by atoms with Crippen molar-refractivity contribution < 1.29 is 13.6 Å². The molecule has 0 aliphatic carbocycles. The van der Waals surface area contributed by atoms with E-state index in [2.05, 4.69) is 0 Å². The lowest BCUT2D eigenvalue weighted by Gasteiger charge is -2.20. The number of nitrogen functional groups attached to an aromatic ring is 1. The van der Waals surface area contributed by atoms with Crippen LogP contribution in [-0.2, 0) is 6.54 Å². The maximum Gasteiger partial charge on any atom is 0.257 e. The molecule has 2 rings (SSSR count). The molecule has 1 heterocycles. The number of amides is 1. The first-order valence-electron chi connectivity index (χ1n) is 6.09. The molecule has 0 atom stereocenters. The van der Waals surface area contributed by atoms with E-state index in [1.165, 1.54) is 16.2 Å². The van der Waals surface area contributed by atoms with Gasteiger partial charge in [-0.1, -0.05) is 6.07 Å². The van der Waals surface area contributed by atoms with Gasteiger partial charge in [0.05, 0.1) is 17.8 Å². The molecule has 6 heteroatoms. The molecule has 0 spiro atoms. The Balaban J connectivity index is 2.26. The fourth-order valence-corrected chi connectivity index (χ4v) is 2.54. The standard InChI is InChI=1S/C14H14F2N2OS/c1-2-18(8-9-4-3-5-20-9)14(19)10-6-13(17)12(16)7-11(10)15/h3-7H,2,8,17H2,1H3. The largest absolute Gasteiger partial charge is 0.396 e. The van der Waals surface area contributed by atoms with Crippen molar-refractivity contribution in [1.82, 2.24) is 4.90 Å². The predicted molar refractivity (Wildman–Crippen MR) is 75.5 cm³/mol. The van der Waals surface area contributed by atoms with E-state index in [9.17, 15) is 13.6 Å². The molecule has 1 aromatic heterocycles. The van der Waals surface area contributed by atoms with Gasteiger partial charge in [0, 0.05) is 17.5 Å². The molecule has 3 nitrogen and oxygen atoms in total. The Labute approximate surface area is 119 Å². The molecule has 0 saturated heterocycles. The zero-order valence-corrected chi connectivity index (χ0v) is 11.7. The summed E-state index contributed by atoms with van der Waals surface area (Å²) in [5.41, 5.74) is 4.95. The molecular weight excluding hydrogens is 282 g/mol. The molecule has 1 aromatic carbocycles. The Hall–Kier alpha value is -1.95. The minimum Gasteiger partial charge on any atom is -0.396 e. The van der Waals surface area contributed by atoms with Crippen LogP contribution in [0.2, 0.25) is 0 Å². The maximum absolute atomic E-state index is 13.7. The summed E-state index contributed by atoms with van der Waals surface area (Å²) >= 11 is 1.52. The lowest BCUT2D eigenvalue weighted by molar-refractivity contribution is 0.0749. The van der Waals surface area contributed by atoms with Crippen molar-refractivity contribution in [2.75, 3.05) is 12.3 Å². The van der Waals surface area contributed by atoms with Crippen molar-refractivity contribution in [1.29, 1.82) is 0 Å². The van der Waals surface area contributed by atoms with Crippen molar-refractivity contribution >= 4 is 22.9 Å². The second-order valence-electron chi connectivity index (χ2n) is 4.25. The molecule has 2 N–H and O–H groups in total. The van der Waals surface area contributed by atoms with E-state index in [1.54, 1.807) is 6.92 Å². The SMILES string of the molecule is CCN(Cc1cccs1)C(=O)c1cc(N)c(F)cc1F. The van der Waals surface area contributed by atoms with E-state index >= 15 is 0 Å². The summed E-state index contributed by atoms with van der Waals surface area (Å²) in [6, 6.07) is 5.47. The number of hydrogen-bond donors (Lipinski definition) is 1. The molecule has 106 valence electrons. The summed E-state index contributed by atoms with van der Waals surface area (Å²) in [6.45, 7) is 2.62. The van der Waals surface area contributed by atoms with Crippen LogP contribution in [0.5, 0.6) is 0 Å². The predicted octanol–water partition coefficient (Wildman–Crippen LogP) is 3.27. The Morgan fingerprint density at radius 2 is 2.10 bits per heavy atom. The van der Waals surface area contributed by atoms with Crippen molar-refractivity contribution in [3.63, 3.8) is 0 Å². The number of carbonyl (C=O) groups excluding carboxylic acids is 1. The van der Waals surface area contributed by atoms with Gasteiger partial charge < -0.3 is 10.6 Å². The molecule has 2 aromatic rings. The molecule has 0 aliphatic heterocycles. The van der Waals surface area contributed by atoms with Crippen LogP contribution in [0.15, 0.2) is 29.6 Å². The van der Waals surface area contributed by atoms with Crippen LogP contribution < -0.4 is 5.73 Å². The first kappa shape index (κ1) is 14.5. The molecular formula is C14H14F2N2OS. The monoisotopic (exact) mass is 296 g/mol. The van der Waals surface area contributed by atoms with Gasteiger partial charge in [0.2, 0.25) is 0 Å². The summed E-state index contributed by atoms with van der Waals surface area (Å²) in [5.74, 6) is -2.25. The molecule has 0 unspecified atom stereocenters.